The summed E-state index contributed by atoms with van der Waals surface area (Å²) in [7, 11) is -5.00. The number of para-hydroxylation sites is 5. The summed E-state index contributed by atoms with van der Waals surface area (Å²) >= 11 is 2.04. The second-order valence-electron chi connectivity index (χ2n) is 35.6. The third-order valence-electron chi connectivity index (χ3n) is 25.5. The van der Waals surface area contributed by atoms with Crippen LogP contribution in [0.15, 0.2) is 355 Å². The molecular weight excluding hydrogens is 1770 g/mol. The number of benzene rings is 15. The maximum absolute atomic E-state index is 13.6. The summed E-state index contributed by atoms with van der Waals surface area (Å²) in [6.07, 6.45) is 0.908. The Bertz CT molecular complexity index is 7870. The molecule has 0 saturated heterocycles. The van der Waals surface area contributed by atoms with Crippen LogP contribution in [-0.4, -0.2) is 27.6 Å². The molecule has 0 amide bonds. The van der Waals surface area contributed by atoms with Crippen molar-refractivity contribution in [3.63, 3.8) is 0 Å². The molecule has 1 atom stereocenters. The Morgan fingerprint density at radius 3 is 1.22 bits per heavy atom. The van der Waals surface area contributed by atoms with E-state index in [-0.39, 0.29) is 19.9 Å². The van der Waals surface area contributed by atoms with Gasteiger partial charge in [0, 0.05) is 38.4 Å². The molecule has 0 aliphatic carbocycles. The third-order valence-corrected chi connectivity index (χ3v) is 32.4. The Kier molecular flexibility index (Phi) is 21.9. The van der Waals surface area contributed by atoms with Gasteiger partial charge in [-0.05, 0) is 243 Å². The van der Waals surface area contributed by atoms with Crippen molar-refractivity contribution in [3.05, 3.63) is 398 Å². The van der Waals surface area contributed by atoms with Crippen LogP contribution in [0.2, 0.25) is 0 Å². The predicted octanol–water partition coefficient (Wildman–Crippen LogP) is 31.1. The number of aryl methyl sites for hydroxylation is 15. The van der Waals surface area contributed by atoms with E-state index in [4.69, 9.17) is 22.1 Å². The van der Waals surface area contributed by atoms with Gasteiger partial charge in [0.05, 0.1) is 71.0 Å². The molecule has 133 heavy (non-hydrogen) atoms. The summed E-state index contributed by atoms with van der Waals surface area (Å²) in [4.78, 5) is 15.5. The van der Waals surface area contributed by atoms with Crippen LogP contribution < -0.4 is 33.4 Å². The standard InChI is InChI=1S/C24H21NO.C23H19NO3S.C23H19NO2S.C23H19NOS.C23H19NOSe/c1-15-8-10-22-18(12-15)14-20-19-13-16(2)9-11-23(19)26-24(20)25(22)21-7-5-4-6-17(21)3;1-14-9-11-20-17(12-14)22-23(27-20)24(18-7-5-4-6-16(18)3)19-10-8-15(2)13-21(19)28(22,25)26;1-14-9-11-20-17(12-14)22-23(26-20)24(18-7-5-4-6-16(18)3)19-10-8-15(2)13-21(19)27(22)25;2*1-14-9-11-20-17(12-14)22-23(25-20)24(18-7-5-4-6-16(18)3)19-10-8-15(2)13-21(19)26-22/h4-13H,14H2,1-3H3;4-13H,1-3H3;4-13H,1-3H3;2*4-13H,1-3H3. The van der Waals surface area contributed by atoms with Gasteiger partial charge in [-0.15, -0.1) is 0 Å². The van der Waals surface area contributed by atoms with Crippen LogP contribution in [0.5, 0.6) is 0 Å². The maximum atomic E-state index is 13.6. The van der Waals surface area contributed by atoms with E-state index in [1.807, 2.05) is 142 Å². The van der Waals surface area contributed by atoms with Crippen LogP contribution >= 0.6 is 11.8 Å². The Morgan fingerprint density at radius 2 is 0.662 bits per heavy atom. The van der Waals surface area contributed by atoms with Gasteiger partial charge in [-0.3, -0.25) is 19.6 Å². The zero-order valence-corrected chi connectivity index (χ0v) is 80.9. The van der Waals surface area contributed by atoms with Gasteiger partial charge in [-0.25, -0.2) is 12.6 Å². The zero-order chi connectivity index (χ0) is 91.8. The number of furan rings is 5. The topological polar surface area (TPSA) is 133 Å². The average Bonchev–Trinajstić information content (AvgIpc) is 1.59. The fraction of sp³-hybridized carbons (Fsp3) is 0.138. The Labute approximate surface area is 788 Å². The van der Waals surface area contributed by atoms with Crippen molar-refractivity contribution in [2.75, 3.05) is 24.5 Å². The first-order chi connectivity index (χ1) is 64.3. The third kappa shape index (κ3) is 15.2. The van der Waals surface area contributed by atoms with Crippen LogP contribution in [0.3, 0.4) is 0 Å². The molecule has 5 aliphatic rings. The summed E-state index contributed by atoms with van der Waals surface area (Å²) in [5.41, 5.74) is 35.1. The molecule has 0 radical (unpaired) electrons. The van der Waals surface area contributed by atoms with Gasteiger partial charge < -0.3 is 17.7 Å². The predicted molar refractivity (Wildman–Crippen MR) is 548 cm³/mol. The van der Waals surface area contributed by atoms with E-state index in [0.29, 0.717) is 33.3 Å². The van der Waals surface area contributed by atoms with Crippen LogP contribution in [-0.2, 0) is 27.1 Å². The van der Waals surface area contributed by atoms with E-state index in [1.54, 1.807) is 6.07 Å². The number of rotatable bonds is 5. The number of hydrogen-bond acceptors (Lipinski definition) is 14. The molecule has 5 aromatic heterocycles. The number of sulfone groups is 1. The molecule has 15 aromatic carbocycles. The van der Waals surface area contributed by atoms with Gasteiger partial charge in [0.1, 0.15) is 32.1 Å². The molecule has 13 nitrogen and oxygen atoms in total. The van der Waals surface area contributed by atoms with Crippen molar-refractivity contribution in [1.82, 2.24) is 0 Å². The van der Waals surface area contributed by atoms with Crippen LogP contribution in [0, 0.1) is 104 Å². The average molecular weight is 1860 g/mol. The molecule has 0 N–H and O–H groups in total. The van der Waals surface area contributed by atoms with Crippen molar-refractivity contribution < 1.29 is 34.7 Å². The molecule has 0 saturated carbocycles. The fourth-order valence-corrected chi connectivity index (χ4v) is 25.9. The first-order valence-electron chi connectivity index (χ1n) is 44.8. The van der Waals surface area contributed by atoms with Crippen molar-refractivity contribution in [3.8, 4) is 0 Å². The first-order valence-corrected chi connectivity index (χ1v) is 49.9. The minimum atomic E-state index is -3.71. The molecular formula is C116H97N5O8S3Se. The van der Waals surface area contributed by atoms with Crippen molar-refractivity contribution in [1.29, 1.82) is 0 Å². The van der Waals surface area contributed by atoms with E-state index in [2.05, 4.69) is 295 Å². The van der Waals surface area contributed by atoms with Gasteiger partial charge in [0.25, 0.3) is 0 Å². The molecule has 658 valence electrons. The van der Waals surface area contributed by atoms with E-state index in [0.717, 1.165) is 118 Å². The molecule has 0 spiro atoms. The summed E-state index contributed by atoms with van der Waals surface area (Å²) in [5, 5.41) is 5.22. The molecule has 1 unspecified atom stereocenters. The van der Waals surface area contributed by atoms with Crippen molar-refractivity contribution in [2.45, 2.75) is 140 Å². The van der Waals surface area contributed by atoms with E-state index < -0.39 is 20.6 Å². The van der Waals surface area contributed by atoms with Crippen molar-refractivity contribution >= 4 is 197 Å². The summed E-state index contributed by atoms with van der Waals surface area (Å²) < 4.78 is 75.0. The summed E-state index contributed by atoms with van der Waals surface area (Å²) in [6, 6.07) is 104. The zero-order valence-electron chi connectivity index (χ0n) is 76.7. The molecule has 10 heterocycles. The Hall–Kier alpha value is -14.0. The van der Waals surface area contributed by atoms with E-state index in [9.17, 15) is 12.6 Å². The molecule has 0 bridgehead atoms. The molecule has 25 rings (SSSR count). The number of anilines is 15. The normalized spacial score (nSPS) is 13.9. The quantitative estimate of drug-likeness (QED) is 0.151. The van der Waals surface area contributed by atoms with Crippen LogP contribution in [0.25, 0.3) is 54.8 Å². The molecule has 20 aromatic rings. The molecule has 17 heteroatoms. The second-order valence-corrected chi connectivity index (χ2v) is 42.1. The number of hydrogen-bond donors (Lipinski definition) is 0. The van der Waals surface area contributed by atoms with Gasteiger partial charge >= 0.3 is 160 Å². The number of fused-ring (bicyclic) bond motifs is 20. The Balaban J connectivity index is 0.000000100. The molecule has 0 fully saturated rings. The van der Waals surface area contributed by atoms with E-state index >= 15 is 0 Å². The van der Waals surface area contributed by atoms with Gasteiger partial charge in [-0.2, -0.15) is 0 Å². The fourth-order valence-electron chi connectivity index (χ4n) is 18.8. The van der Waals surface area contributed by atoms with Crippen LogP contribution in [0.1, 0.15) is 94.6 Å². The first kappa shape index (κ1) is 85.7. The monoisotopic (exact) mass is 1860 g/mol. The van der Waals surface area contributed by atoms with E-state index in [1.165, 1.54) is 125 Å². The Morgan fingerprint density at radius 1 is 0.301 bits per heavy atom. The minimum absolute atomic E-state index is 0.231. The van der Waals surface area contributed by atoms with Gasteiger partial charge in [0.15, 0.2) is 0 Å². The van der Waals surface area contributed by atoms with Crippen LogP contribution in [0.4, 0.5) is 86.3 Å². The summed E-state index contributed by atoms with van der Waals surface area (Å²) in [5.74, 6) is 3.86. The number of nitrogens with zero attached hydrogens (tertiary/aromatic N) is 5. The molecule has 5 aliphatic heterocycles. The van der Waals surface area contributed by atoms with Gasteiger partial charge in [0.2, 0.25) is 33.4 Å². The summed E-state index contributed by atoms with van der Waals surface area (Å²) in [6.45, 7) is 31.4. The van der Waals surface area contributed by atoms with Gasteiger partial charge in [-0.1, -0.05) is 167 Å². The van der Waals surface area contributed by atoms with Crippen molar-refractivity contribution in [2.24, 2.45) is 0 Å². The second kappa shape index (κ2) is 34.0. The SMILES string of the molecule is Cc1ccc2c(c1)Cc1c(oc3ccc(C)cc13)N2c1ccccc1C.Cc1ccc2c(c1)S(=O)(=O)c1c(oc3ccc(C)cc13)N2c1ccccc1C.Cc1ccc2c(c1)S(=O)c1c(oc3ccc(C)cc13)N2c1ccccc1C.Cc1ccc2c(c1)Sc1c(oc3ccc(C)cc13)N2c1ccccc1C.Cc1ccc2c(c1)[Se]c1c(oc3ccc(C)cc13)N2c1ccccc1C.